The van der Waals surface area contributed by atoms with Crippen molar-refractivity contribution < 1.29 is 9.59 Å². The third kappa shape index (κ3) is 4.82. The van der Waals surface area contributed by atoms with Crippen molar-refractivity contribution in [1.29, 1.82) is 0 Å². The zero-order valence-electron chi connectivity index (χ0n) is 18.3. The van der Waals surface area contributed by atoms with Crippen LogP contribution in [0, 0.1) is 0 Å². The molecule has 0 fully saturated rings. The van der Waals surface area contributed by atoms with E-state index in [4.69, 9.17) is 0 Å². The number of carbonyl (C=O) groups excluding carboxylic acids is 2. The second kappa shape index (κ2) is 9.84. The maximum atomic E-state index is 13.3. The van der Waals surface area contributed by atoms with Crippen LogP contribution in [0.4, 0.5) is 9.93 Å². The van der Waals surface area contributed by atoms with Gasteiger partial charge in [0.05, 0.1) is 18.3 Å². The molecule has 3 amide bonds. The maximum Gasteiger partial charge on any atom is 0.318 e. The van der Waals surface area contributed by atoms with Gasteiger partial charge in [-0.05, 0) is 23.3 Å². The molecular formula is C26H23N5O2S. The molecule has 1 aliphatic rings. The van der Waals surface area contributed by atoms with Gasteiger partial charge in [0.2, 0.25) is 0 Å². The van der Waals surface area contributed by atoms with Gasteiger partial charge in [-0.15, -0.1) is 0 Å². The van der Waals surface area contributed by atoms with E-state index in [-0.39, 0.29) is 18.0 Å². The fourth-order valence-corrected chi connectivity index (χ4v) is 4.96. The highest BCUT2D eigenvalue weighted by Crippen LogP contribution is 2.29. The van der Waals surface area contributed by atoms with E-state index >= 15 is 0 Å². The van der Waals surface area contributed by atoms with Crippen LogP contribution in [0.5, 0.6) is 0 Å². The molecule has 5 rings (SSSR count). The van der Waals surface area contributed by atoms with Crippen molar-refractivity contribution >= 4 is 28.4 Å². The number of benzene rings is 2. The summed E-state index contributed by atoms with van der Waals surface area (Å²) in [5.74, 6) is -0.296. The topological polar surface area (TPSA) is 87.2 Å². The Morgan fingerprint density at radius 3 is 2.24 bits per heavy atom. The van der Waals surface area contributed by atoms with Gasteiger partial charge in [-0.1, -0.05) is 78.1 Å². The average Bonchev–Trinajstić information content (AvgIpc) is 3.30. The minimum atomic E-state index is -0.296. The Labute approximate surface area is 201 Å². The van der Waals surface area contributed by atoms with Gasteiger partial charge in [-0.2, -0.15) is 0 Å². The summed E-state index contributed by atoms with van der Waals surface area (Å²) in [6, 6.07) is 24.7. The number of pyridine rings is 1. The van der Waals surface area contributed by atoms with E-state index in [2.05, 4.69) is 20.6 Å². The van der Waals surface area contributed by atoms with Crippen molar-refractivity contribution in [3.63, 3.8) is 0 Å². The highest BCUT2D eigenvalue weighted by Gasteiger charge is 2.27. The van der Waals surface area contributed by atoms with Crippen molar-refractivity contribution in [2.45, 2.75) is 19.0 Å². The molecule has 2 aromatic carbocycles. The summed E-state index contributed by atoms with van der Waals surface area (Å²) in [5.41, 5.74) is 3.31. The number of fused-ring (bicyclic) bond motifs is 1. The number of amides is 3. The molecular weight excluding hydrogens is 446 g/mol. The lowest BCUT2D eigenvalue weighted by atomic mass is 9.99. The van der Waals surface area contributed by atoms with Crippen molar-refractivity contribution in [3.8, 4) is 0 Å². The number of anilines is 1. The number of urea groups is 1. The SMILES string of the molecule is O=C(Nc1nc2c(s1)CN(C(=O)NC(c1ccccc1)c1ccccc1)CC2)c1ccccn1. The largest absolute Gasteiger partial charge is 0.327 e. The third-order valence-corrected chi connectivity index (χ3v) is 6.67. The Morgan fingerprint density at radius 2 is 1.59 bits per heavy atom. The molecule has 2 N–H and O–H groups in total. The second-order valence-corrected chi connectivity index (χ2v) is 9.02. The Morgan fingerprint density at radius 1 is 0.912 bits per heavy atom. The zero-order valence-corrected chi connectivity index (χ0v) is 19.2. The van der Waals surface area contributed by atoms with Crippen LogP contribution in [-0.2, 0) is 13.0 Å². The minimum Gasteiger partial charge on any atom is -0.327 e. The van der Waals surface area contributed by atoms with Crippen molar-refractivity contribution in [2.75, 3.05) is 11.9 Å². The fraction of sp³-hybridized carbons (Fsp3) is 0.154. The average molecular weight is 470 g/mol. The predicted molar refractivity (Wildman–Crippen MR) is 132 cm³/mol. The lowest BCUT2D eigenvalue weighted by Gasteiger charge is -2.29. The van der Waals surface area contributed by atoms with Crippen LogP contribution in [0.15, 0.2) is 85.1 Å². The number of thiazole rings is 1. The molecule has 0 unspecified atom stereocenters. The lowest BCUT2D eigenvalue weighted by Crippen LogP contribution is -2.44. The molecule has 0 atom stereocenters. The van der Waals surface area contributed by atoms with Gasteiger partial charge < -0.3 is 10.2 Å². The van der Waals surface area contributed by atoms with E-state index < -0.39 is 0 Å². The Kier molecular flexibility index (Phi) is 6.31. The molecule has 34 heavy (non-hydrogen) atoms. The molecule has 0 spiro atoms. The first kappa shape index (κ1) is 21.8. The molecule has 7 nitrogen and oxygen atoms in total. The van der Waals surface area contributed by atoms with Gasteiger partial charge in [-0.25, -0.2) is 9.78 Å². The summed E-state index contributed by atoms with van der Waals surface area (Å²) < 4.78 is 0. The van der Waals surface area contributed by atoms with Crippen molar-refractivity contribution in [3.05, 3.63) is 112 Å². The van der Waals surface area contributed by atoms with Gasteiger partial charge in [0.1, 0.15) is 5.69 Å². The number of nitrogens with one attached hydrogen (secondary N) is 2. The molecule has 0 saturated carbocycles. The van der Waals surface area contributed by atoms with Gasteiger partial charge in [0.25, 0.3) is 5.91 Å². The highest BCUT2D eigenvalue weighted by atomic mass is 32.1. The fourth-order valence-electron chi connectivity index (χ4n) is 3.95. The zero-order chi connectivity index (χ0) is 23.3. The van der Waals surface area contributed by atoms with Crippen LogP contribution in [0.3, 0.4) is 0 Å². The van der Waals surface area contributed by atoms with Gasteiger partial charge in [0, 0.05) is 24.0 Å². The number of hydrogen-bond donors (Lipinski definition) is 2. The monoisotopic (exact) mass is 469 g/mol. The lowest BCUT2D eigenvalue weighted by molar-refractivity contribution is 0.102. The van der Waals surface area contributed by atoms with Gasteiger partial charge in [0.15, 0.2) is 5.13 Å². The van der Waals surface area contributed by atoms with E-state index in [0.29, 0.717) is 30.3 Å². The normalized spacial score (nSPS) is 12.8. The Balaban J connectivity index is 1.29. The molecule has 0 radical (unpaired) electrons. The number of rotatable bonds is 5. The molecule has 1 aliphatic heterocycles. The van der Waals surface area contributed by atoms with E-state index in [1.807, 2.05) is 60.7 Å². The van der Waals surface area contributed by atoms with E-state index in [1.54, 1.807) is 29.3 Å². The van der Waals surface area contributed by atoms with Crippen LogP contribution < -0.4 is 10.6 Å². The quantitative estimate of drug-likeness (QED) is 0.446. The summed E-state index contributed by atoms with van der Waals surface area (Å²) >= 11 is 1.40. The molecule has 8 heteroatoms. The smallest absolute Gasteiger partial charge is 0.318 e. The molecule has 0 saturated heterocycles. The molecule has 0 bridgehead atoms. The van der Waals surface area contributed by atoms with E-state index in [0.717, 1.165) is 21.7 Å². The minimum absolute atomic E-state index is 0.129. The molecule has 3 heterocycles. The maximum absolute atomic E-state index is 13.3. The van der Waals surface area contributed by atoms with Crippen LogP contribution in [0.1, 0.15) is 38.2 Å². The van der Waals surface area contributed by atoms with Crippen LogP contribution in [0.2, 0.25) is 0 Å². The molecule has 2 aromatic heterocycles. The molecule has 170 valence electrons. The Bertz CT molecular complexity index is 1240. The second-order valence-electron chi connectivity index (χ2n) is 7.93. The van der Waals surface area contributed by atoms with Crippen molar-refractivity contribution in [1.82, 2.24) is 20.2 Å². The van der Waals surface area contributed by atoms with Crippen molar-refractivity contribution in [2.24, 2.45) is 0 Å². The van der Waals surface area contributed by atoms with Crippen LogP contribution in [0.25, 0.3) is 0 Å². The van der Waals surface area contributed by atoms with Crippen LogP contribution in [-0.4, -0.2) is 33.4 Å². The first-order valence-electron chi connectivity index (χ1n) is 11.0. The summed E-state index contributed by atoms with van der Waals surface area (Å²) in [5, 5.41) is 6.55. The number of carbonyl (C=O) groups is 2. The van der Waals surface area contributed by atoms with Gasteiger partial charge >= 0.3 is 6.03 Å². The number of nitrogens with zero attached hydrogens (tertiary/aromatic N) is 3. The van der Waals surface area contributed by atoms with Gasteiger partial charge in [-0.3, -0.25) is 15.1 Å². The molecule has 4 aromatic rings. The first-order chi connectivity index (χ1) is 16.7. The summed E-state index contributed by atoms with van der Waals surface area (Å²) in [7, 11) is 0. The van der Waals surface area contributed by atoms with E-state index in [1.165, 1.54) is 11.3 Å². The molecule has 0 aliphatic carbocycles. The predicted octanol–water partition coefficient (Wildman–Crippen LogP) is 4.65. The summed E-state index contributed by atoms with van der Waals surface area (Å²) in [6.45, 7) is 1.01. The Hall–Kier alpha value is -4.04. The number of aromatic nitrogens is 2. The highest BCUT2D eigenvalue weighted by molar-refractivity contribution is 7.15. The summed E-state index contributed by atoms with van der Waals surface area (Å²) in [6.07, 6.45) is 2.22. The van der Waals surface area contributed by atoms with E-state index in [9.17, 15) is 9.59 Å². The summed E-state index contributed by atoms with van der Waals surface area (Å²) in [4.78, 5) is 37.1. The van der Waals surface area contributed by atoms with Crippen LogP contribution >= 0.6 is 11.3 Å². The number of hydrogen-bond acceptors (Lipinski definition) is 5. The third-order valence-electron chi connectivity index (χ3n) is 5.67. The standard InChI is InChI=1S/C26H23N5O2S/c32-24(21-13-7-8-15-27-21)30-25-28-20-14-16-31(17-22(20)34-25)26(33)29-23(18-9-3-1-4-10-18)19-11-5-2-6-12-19/h1-13,15,23H,14,16-17H2,(H,29,33)(H,28,30,32). The first-order valence-corrected chi connectivity index (χ1v) is 11.9.